The molecule has 0 aromatic heterocycles. The topological polar surface area (TPSA) is 105 Å². The molecule has 2 fully saturated rings. The van der Waals surface area contributed by atoms with Crippen LogP contribution in [-0.2, 0) is 22.7 Å². The van der Waals surface area contributed by atoms with Crippen LogP contribution in [0.3, 0.4) is 0 Å². The predicted molar refractivity (Wildman–Crippen MR) is 99.6 cm³/mol. The summed E-state index contributed by atoms with van der Waals surface area (Å²) in [5.74, 6) is -0.764. The Kier molecular flexibility index (Phi) is 4.97. The highest BCUT2D eigenvalue weighted by Gasteiger charge is 2.39. The summed E-state index contributed by atoms with van der Waals surface area (Å²) in [4.78, 5) is 38.0. The van der Waals surface area contributed by atoms with Gasteiger partial charge in [0.2, 0.25) is 11.8 Å². The number of fused-ring (bicyclic) bond motifs is 1. The number of rotatable bonds is 4. The van der Waals surface area contributed by atoms with Crippen LogP contribution in [-0.4, -0.2) is 40.7 Å². The van der Waals surface area contributed by atoms with E-state index in [-0.39, 0.29) is 30.2 Å². The van der Waals surface area contributed by atoms with Crippen LogP contribution < -0.4 is 16.4 Å². The summed E-state index contributed by atoms with van der Waals surface area (Å²) < 4.78 is 0. The molecule has 1 aromatic carbocycles. The van der Waals surface area contributed by atoms with E-state index in [1.54, 1.807) is 4.90 Å². The lowest BCUT2D eigenvalue weighted by molar-refractivity contribution is -0.136. The lowest BCUT2D eigenvalue weighted by Crippen LogP contribution is -2.52. The molecular formula is C20H26N4O3. The molecule has 3 atom stereocenters. The molecular weight excluding hydrogens is 344 g/mol. The minimum absolute atomic E-state index is 0.124. The number of carbonyl (C=O) groups excluding carboxylic acids is 3. The van der Waals surface area contributed by atoms with E-state index in [4.69, 9.17) is 5.73 Å². The van der Waals surface area contributed by atoms with Crippen LogP contribution in [0.1, 0.15) is 60.0 Å². The molecule has 7 heteroatoms. The van der Waals surface area contributed by atoms with Gasteiger partial charge in [-0.1, -0.05) is 18.6 Å². The van der Waals surface area contributed by atoms with Crippen molar-refractivity contribution in [3.05, 3.63) is 34.9 Å². The predicted octanol–water partition coefficient (Wildman–Crippen LogP) is 0.807. The summed E-state index contributed by atoms with van der Waals surface area (Å²) in [6.07, 6.45) is 5.01. The van der Waals surface area contributed by atoms with Crippen LogP contribution in [0.4, 0.5) is 0 Å². The molecule has 2 aliphatic heterocycles. The Morgan fingerprint density at radius 1 is 1.19 bits per heavy atom. The van der Waals surface area contributed by atoms with Gasteiger partial charge in [0, 0.05) is 37.2 Å². The Bertz CT molecular complexity index is 778. The van der Waals surface area contributed by atoms with Crippen molar-refractivity contribution >= 4 is 17.7 Å². The third kappa shape index (κ3) is 3.61. The van der Waals surface area contributed by atoms with Gasteiger partial charge in [0.05, 0.1) is 0 Å². The van der Waals surface area contributed by atoms with Crippen molar-refractivity contribution in [3.8, 4) is 0 Å². The maximum absolute atomic E-state index is 12.8. The maximum Gasteiger partial charge on any atom is 0.255 e. The lowest BCUT2D eigenvalue weighted by Gasteiger charge is -2.29. The number of nitrogens with zero attached hydrogens (tertiary/aromatic N) is 1. The van der Waals surface area contributed by atoms with E-state index >= 15 is 0 Å². The molecule has 0 radical (unpaired) electrons. The van der Waals surface area contributed by atoms with Crippen molar-refractivity contribution in [1.29, 1.82) is 0 Å². The number of carbonyl (C=O) groups is 3. The molecule has 1 saturated carbocycles. The number of nitrogens with two attached hydrogens (primary N) is 1. The first-order valence-corrected chi connectivity index (χ1v) is 9.77. The molecule has 2 heterocycles. The van der Waals surface area contributed by atoms with Crippen molar-refractivity contribution in [1.82, 2.24) is 15.5 Å². The van der Waals surface area contributed by atoms with Gasteiger partial charge in [-0.3, -0.25) is 19.7 Å². The van der Waals surface area contributed by atoms with E-state index in [9.17, 15) is 14.4 Å². The van der Waals surface area contributed by atoms with E-state index in [0.717, 1.165) is 36.8 Å². The van der Waals surface area contributed by atoms with Crippen LogP contribution in [0.15, 0.2) is 18.2 Å². The number of hydrogen-bond donors (Lipinski definition) is 3. The van der Waals surface area contributed by atoms with Crippen LogP contribution in [0, 0.1) is 0 Å². The molecule has 1 saturated heterocycles. The minimum Gasteiger partial charge on any atom is -0.328 e. The fourth-order valence-corrected chi connectivity index (χ4v) is 4.48. The maximum atomic E-state index is 12.8. The first kappa shape index (κ1) is 18.1. The Balaban J connectivity index is 1.47. The molecule has 4 rings (SSSR count). The Labute approximate surface area is 158 Å². The van der Waals surface area contributed by atoms with Crippen LogP contribution in [0.2, 0.25) is 0 Å². The Hall–Kier alpha value is -2.25. The fraction of sp³-hybridized carbons (Fsp3) is 0.550. The second kappa shape index (κ2) is 7.40. The largest absolute Gasteiger partial charge is 0.328 e. The molecule has 144 valence electrons. The standard InChI is InChI=1S/C20H26N4O3/c21-13-4-2-5-14(9-13)22-10-12-3-1-6-15-16(12)11-24(20(15)27)17-7-8-18(25)23-19(17)26/h1,3,6,13-14,17,22H,2,4-5,7-11,21H2,(H,23,25,26)/t13-,14-,17?/m0/s1. The molecule has 27 heavy (non-hydrogen) atoms. The van der Waals surface area contributed by atoms with Gasteiger partial charge in [-0.2, -0.15) is 0 Å². The second-order valence-electron chi connectivity index (χ2n) is 7.85. The number of hydrogen-bond acceptors (Lipinski definition) is 5. The van der Waals surface area contributed by atoms with Crippen molar-refractivity contribution in [2.24, 2.45) is 5.73 Å². The van der Waals surface area contributed by atoms with Crippen LogP contribution >= 0.6 is 0 Å². The monoisotopic (exact) mass is 370 g/mol. The highest BCUT2D eigenvalue weighted by molar-refractivity contribution is 6.05. The Morgan fingerprint density at radius 3 is 2.81 bits per heavy atom. The summed E-state index contributed by atoms with van der Waals surface area (Å²) in [5, 5.41) is 5.93. The van der Waals surface area contributed by atoms with Crippen LogP contribution in [0.25, 0.3) is 0 Å². The Morgan fingerprint density at radius 2 is 2.04 bits per heavy atom. The SMILES string of the molecule is N[C@H]1CCC[C@H](NCc2cccc3c2CN(C2CCC(=O)NC2=O)C3=O)C1. The smallest absolute Gasteiger partial charge is 0.255 e. The molecule has 3 amide bonds. The minimum atomic E-state index is -0.570. The van der Waals surface area contributed by atoms with E-state index in [1.165, 1.54) is 0 Å². The van der Waals surface area contributed by atoms with E-state index in [1.807, 2.05) is 18.2 Å². The quantitative estimate of drug-likeness (QED) is 0.680. The third-order valence-corrected chi connectivity index (χ3v) is 5.98. The van der Waals surface area contributed by atoms with E-state index < -0.39 is 6.04 Å². The van der Waals surface area contributed by atoms with E-state index in [2.05, 4.69) is 10.6 Å². The zero-order valence-electron chi connectivity index (χ0n) is 15.4. The number of imide groups is 1. The van der Waals surface area contributed by atoms with Gasteiger partial charge in [0.15, 0.2) is 0 Å². The molecule has 1 unspecified atom stereocenters. The zero-order chi connectivity index (χ0) is 19.0. The zero-order valence-corrected chi connectivity index (χ0v) is 15.4. The number of piperidine rings is 1. The summed E-state index contributed by atoms with van der Waals surface area (Å²) in [5.41, 5.74) is 8.82. The number of amides is 3. The average molecular weight is 370 g/mol. The first-order valence-electron chi connectivity index (χ1n) is 9.77. The van der Waals surface area contributed by atoms with Crippen molar-refractivity contribution < 1.29 is 14.4 Å². The van der Waals surface area contributed by atoms with Crippen LogP contribution in [0.5, 0.6) is 0 Å². The molecule has 7 nitrogen and oxygen atoms in total. The molecule has 1 aliphatic carbocycles. The highest BCUT2D eigenvalue weighted by atomic mass is 16.2. The lowest BCUT2D eigenvalue weighted by atomic mass is 9.91. The summed E-state index contributed by atoms with van der Waals surface area (Å²) in [7, 11) is 0. The summed E-state index contributed by atoms with van der Waals surface area (Å²) >= 11 is 0. The van der Waals surface area contributed by atoms with E-state index in [0.29, 0.717) is 31.1 Å². The van der Waals surface area contributed by atoms with Gasteiger partial charge >= 0.3 is 0 Å². The van der Waals surface area contributed by atoms with Crippen molar-refractivity contribution in [3.63, 3.8) is 0 Å². The molecule has 0 bridgehead atoms. The number of nitrogens with one attached hydrogen (secondary N) is 2. The van der Waals surface area contributed by atoms with Gasteiger partial charge in [-0.25, -0.2) is 0 Å². The third-order valence-electron chi connectivity index (χ3n) is 5.98. The average Bonchev–Trinajstić information content (AvgIpc) is 2.97. The fourth-order valence-electron chi connectivity index (χ4n) is 4.48. The van der Waals surface area contributed by atoms with Gasteiger partial charge in [-0.05, 0) is 42.9 Å². The van der Waals surface area contributed by atoms with Crippen molar-refractivity contribution in [2.45, 2.75) is 69.7 Å². The highest BCUT2D eigenvalue weighted by Crippen LogP contribution is 2.30. The molecule has 4 N–H and O–H groups in total. The summed E-state index contributed by atoms with van der Waals surface area (Å²) in [6.45, 7) is 1.11. The van der Waals surface area contributed by atoms with Gasteiger partial charge in [0.25, 0.3) is 5.91 Å². The second-order valence-corrected chi connectivity index (χ2v) is 7.85. The summed E-state index contributed by atoms with van der Waals surface area (Å²) in [6, 6.07) is 5.86. The first-order chi connectivity index (χ1) is 13.0. The van der Waals surface area contributed by atoms with Gasteiger partial charge in [0.1, 0.15) is 6.04 Å². The number of benzene rings is 1. The molecule has 1 aromatic rings. The van der Waals surface area contributed by atoms with Gasteiger partial charge < -0.3 is 16.0 Å². The molecule has 3 aliphatic rings. The van der Waals surface area contributed by atoms with Crippen molar-refractivity contribution in [2.75, 3.05) is 0 Å². The van der Waals surface area contributed by atoms with Gasteiger partial charge in [-0.15, -0.1) is 0 Å². The molecule has 0 spiro atoms. The normalized spacial score (nSPS) is 28.3.